The first-order chi connectivity index (χ1) is 7.99. The molecule has 2 aromatic rings. The van der Waals surface area contributed by atoms with Crippen molar-refractivity contribution in [3.8, 4) is 0 Å². The van der Waals surface area contributed by atoms with Crippen LogP contribution in [0.4, 0.5) is 0 Å². The van der Waals surface area contributed by atoms with Crippen LogP contribution in [-0.4, -0.2) is 14.7 Å². The molecule has 2 rings (SSSR count). The van der Waals surface area contributed by atoms with Crippen LogP contribution in [0.25, 0.3) is 11.0 Å². The second-order valence-corrected chi connectivity index (χ2v) is 5.22. The van der Waals surface area contributed by atoms with Crippen molar-refractivity contribution in [1.82, 2.24) is 9.55 Å². The van der Waals surface area contributed by atoms with Gasteiger partial charge in [-0.25, -0.2) is 4.98 Å². The molecule has 1 heterocycles. The summed E-state index contributed by atoms with van der Waals surface area (Å²) in [4.78, 5) is 4.45. The minimum absolute atomic E-state index is 0.501. The lowest BCUT2D eigenvalue weighted by molar-refractivity contribution is 0.183. The van der Waals surface area contributed by atoms with Crippen molar-refractivity contribution in [3.63, 3.8) is 0 Å². The average Bonchev–Trinajstić information content (AvgIpc) is 2.55. The van der Waals surface area contributed by atoms with Crippen molar-refractivity contribution in [2.24, 2.45) is 5.92 Å². The third-order valence-corrected chi connectivity index (χ3v) is 2.90. The second-order valence-electron chi connectivity index (χ2n) is 4.78. The standard InChI is InChI=1S/C13H17ClN2O/c1-8(2)7-16-12-5-4-10(14)6-11(12)15-13(16)9(3)17/h4-6,8-9,17H,7H2,1-3H3. The van der Waals surface area contributed by atoms with Gasteiger partial charge in [0, 0.05) is 11.6 Å². The number of fused-ring (bicyclic) bond motifs is 1. The van der Waals surface area contributed by atoms with E-state index in [2.05, 4.69) is 23.4 Å². The van der Waals surface area contributed by atoms with Gasteiger partial charge in [0.2, 0.25) is 0 Å². The van der Waals surface area contributed by atoms with Crippen molar-refractivity contribution in [2.45, 2.75) is 33.4 Å². The van der Waals surface area contributed by atoms with Crippen molar-refractivity contribution in [2.75, 3.05) is 0 Å². The molecule has 0 spiro atoms. The average molecular weight is 253 g/mol. The fourth-order valence-electron chi connectivity index (χ4n) is 2.00. The van der Waals surface area contributed by atoms with Gasteiger partial charge in [0.1, 0.15) is 11.9 Å². The molecule has 1 aromatic carbocycles. The number of halogens is 1. The predicted octanol–water partition coefficient (Wildman–Crippen LogP) is 3.40. The molecule has 0 aliphatic rings. The molecule has 0 amide bonds. The molecule has 4 heteroatoms. The third kappa shape index (κ3) is 2.45. The van der Waals surface area contributed by atoms with Gasteiger partial charge >= 0.3 is 0 Å². The van der Waals surface area contributed by atoms with E-state index in [1.807, 2.05) is 18.2 Å². The number of rotatable bonds is 3. The molecule has 1 aromatic heterocycles. The maximum absolute atomic E-state index is 9.77. The minimum atomic E-state index is -0.570. The summed E-state index contributed by atoms with van der Waals surface area (Å²) >= 11 is 5.95. The van der Waals surface area contributed by atoms with E-state index >= 15 is 0 Å². The summed E-state index contributed by atoms with van der Waals surface area (Å²) in [5, 5.41) is 10.4. The van der Waals surface area contributed by atoms with Gasteiger partial charge in [-0.3, -0.25) is 0 Å². The van der Waals surface area contributed by atoms with Gasteiger partial charge in [-0.15, -0.1) is 0 Å². The van der Waals surface area contributed by atoms with Gasteiger partial charge in [0.15, 0.2) is 0 Å². The summed E-state index contributed by atoms with van der Waals surface area (Å²) in [6, 6.07) is 5.65. The summed E-state index contributed by atoms with van der Waals surface area (Å²) < 4.78 is 2.07. The Hall–Kier alpha value is -1.06. The molecule has 1 N–H and O–H groups in total. The number of hydrogen-bond donors (Lipinski definition) is 1. The largest absolute Gasteiger partial charge is 0.385 e. The lowest BCUT2D eigenvalue weighted by Gasteiger charge is -2.13. The predicted molar refractivity (Wildman–Crippen MR) is 70.2 cm³/mol. The van der Waals surface area contributed by atoms with Crippen LogP contribution in [0.3, 0.4) is 0 Å². The van der Waals surface area contributed by atoms with E-state index in [0.29, 0.717) is 16.8 Å². The van der Waals surface area contributed by atoms with Crippen LogP contribution in [0.2, 0.25) is 5.02 Å². The van der Waals surface area contributed by atoms with E-state index in [1.165, 1.54) is 0 Å². The fraction of sp³-hybridized carbons (Fsp3) is 0.462. The third-order valence-electron chi connectivity index (χ3n) is 2.66. The van der Waals surface area contributed by atoms with Crippen molar-refractivity contribution >= 4 is 22.6 Å². The van der Waals surface area contributed by atoms with Crippen LogP contribution in [0.15, 0.2) is 18.2 Å². The highest BCUT2D eigenvalue weighted by atomic mass is 35.5. The molecule has 92 valence electrons. The Bertz CT molecular complexity index is 531. The monoisotopic (exact) mass is 252 g/mol. The molecule has 0 saturated carbocycles. The Balaban J connectivity index is 2.62. The van der Waals surface area contributed by atoms with Crippen LogP contribution in [0.5, 0.6) is 0 Å². The maximum Gasteiger partial charge on any atom is 0.138 e. The summed E-state index contributed by atoms with van der Waals surface area (Å²) in [5.74, 6) is 1.21. The second kappa shape index (κ2) is 4.67. The molecule has 3 nitrogen and oxygen atoms in total. The first-order valence-corrected chi connectivity index (χ1v) is 6.20. The Morgan fingerprint density at radius 3 is 2.65 bits per heavy atom. The topological polar surface area (TPSA) is 38.0 Å². The van der Waals surface area contributed by atoms with Gasteiger partial charge in [-0.2, -0.15) is 0 Å². The molecule has 1 atom stereocenters. The maximum atomic E-state index is 9.77. The Morgan fingerprint density at radius 2 is 2.06 bits per heavy atom. The van der Waals surface area contributed by atoms with Crippen LogP contribution in [0.1, 0.15) is 32.7 Å². The van der Waals surface area contributed by atoms with Crippen LogP contribution in [0, 0.1) is 5.92 Å². The number of nitrogens with zero attached hydrogens (tertiary/aromatic N) is 2. The Morgan fingerprint density at radius 1 is 1.35 bits per heavy atom. The molecule has 17 heavy (non-hydrogen) atoms. The van der Waals surface area contributed by atoms with Crippen molar-refractivity contribution in [1.29, 1.82) is 0 Å². The van der Waals surface area contributed by atoms with Crippen molar-refractivity contribution < 1.29 is 5.11 Å². The zero-order chi connectivity index (χ0) is 12.6. The fourth-order valence-corrected chi connectivity index (χ4v) is 2.16. The summed E-state index contributed by atoms with van der Waals surface area (Å²) in [5.41, 5.74) is 1.87. The smallest absolute Gasteiger partial charge is 0.138 e. The molecule has 0 fully saturated rings. The number of imidazole rings is 1. The zero-order valence-corrected chi connectivity index (χ0v) is 11.1. The SMILES string of the molecule is CC(C)Cn1c(C(C)O)nc2cc(Cl)ccc21. The molecule has 0 aliphatic heterocycles. The van der Waals surface area contributed by atoms with Gasteiger partial charge in [0.05, 0.1) is 11.0 Å². The Labute approximate surface area is 106 Å². The molecular weight excluding hydrogens is 236 g/mol. The number of benzene rings is 1. The van der Waals surface area contributed by atoms with Gasteiger partial charge in [-0.05, 0) is 31.0 Å². The van der Waals surface area contributed by atoms with E-state index in [9.17, 15) is 5.11 Å². The van der Waals surface area contributed by atoms with Crippen LogP contribution in [-0.2, 0) is 6.54 Å². The van der Waals surface area contributed by atoms with Crippen molar-refractivity contribution in [3.05, 3.63) is 29.0 Å². The first kappa shape index (κ1) is 12.4. The summed E-state index contributed by atoms with van der Waals surface area (Å²) in [7, 11) is 0. The highest BCUT2D eigenvalue weighted by molar-refractivity contribution is 6.31. The lowest BCUT2D eigenvalue weighted by atomic mass is 10.2. The van der Waals surface area contributed by atoms with Gasteiger partial charge in [0.25, 0.3) is 0 Å². The quantitative estimate of drug-likeness (QED) is 0.909. The van der Waals surface area contributed by atoms with E-state index in [1.54, 1.807) is 6.92 Å². The zero-order valence-electron chi connectivity index (χ0n) is 10.3. The highest BCUT2D eigenvalue weighted by Gasteiger charge is 2.15. The van der Waals surface area contributed by atoms with E-state index in [4.69, 9.17) is 11.6 Å². The molecule has 0 bridgehead atoms. The number of aliphatic hydroxyl groups excluding tert-OH is 1. The normalized spacial score (nSPS) is 13.5. The molecule has 0 radical (unpaired) electrons. The molecular formula is C13H17ClN2O. The van der Waals surface area contributed by atoms with E-state index < -0.39 is 6.10 Å². The highest BCUT2D eigenvalue weighted by Crippen LogP contribution is 2.24. The molecule has 0 aliphatic carbocycles. The lowest BCUT2D eigenvalue weighted by Crippen LogP contribution is -2.10. The number of aromatic nitrogens is 2. The summed E-state index contributed by atoms with van der Waals surface area (Å²) in [6.07, 6.45) is -0.570. The van der Waals surface area contributed by atoms with Crippen LogP contribution >= 0.6 is 11.6 Å². The number of aliphatic hydroxyl groups is 1. The molecule has 0 saturated heterocycles. The van der Waals surface area contributed by atoms with Gasteiger partial charge < -0.3 is 9.67 Å². The van der Waals surface area contributed by atoms with E-state index in [0.717, 1.165) is 17.6 Å². The van der Waals surface area contributed by atoms with Gasteiger partial charge in [-0.1, -0.05) is 25.4 Å². The van der Waals surface area contributed by atoms with E-state index in [-0.39, 0.29) is 0 Å². The number of hydrogen-bond acceptors (Lipinski definition) is 2. The first-order valence-electron chi connectivity index (χ1n) is 5.82. The Kier molecular flexibility index (Phi) is 3.40. The van der Waals surface area contributed by atoms with Crippen LogP contribution < -0.4 is 0 Å². The molecule has 1 unspecified atom stereocenters. The minimum Gasteiger partial charge on any atom is -0.385 e. The summed E-state index contributed by atoms with van der Waals surface area (Å²) in [6.45, 7) is 6.87.